The Kier molecular flexibility index (Phi) is 6.88. The number of hydrogen-bond acceptors (Lipinski definition) is 5. The fourth-order valence-corrected chi connectivity index (χ4v) is 5.06. The van der Waals surface area contributed by atoms with Gasteiger partial charge in [0.1, 0.15) is 17.1 Å². The summed E-state index contributed by atoms with van der Waals surface area (Å²) < 4.78 is 5.78. The molecule has 0 radical (unpaired) electrons. The first-order valence-electron chi connectivity index (χ1n) is 12.1. The number of likely N-dealkylation sites (tertiary alicyclic amines) is 1. The first kappa shape index (κ1) is 23.5. The van der Waals surface area contributed by atoms with Gasteiger partial charge in [-0.2, -0.15) is 0 Å². The van der Waals surface area contributed by atoms with Gasteiger partial charge in [0.25, 0.3) is 5.91 Å². The number of urea groups is 1. The van der Waals surface area contributed by atoms with E-state index in [1.54, 1.807) is 6.20 Å². The summed E-state index contributed by atoms with van der Waals surface area (Å²) >= 11 is 0. The third kappa shape index (κ3) is 4.83. The normalized spacial score (nSPS) is 19.8. The Balaban J connectivity index is 1.43. The second-order valence-corrected chi connectivity index (χ2v) is 10.0. The highest BCUT2D eigenvalue weighted by atomic mass is 16.3. The lowest BCUT2D eigenvalue weighted by Crippen LogP contribution is -2.57. The minimum absolute atomic E-state index is 0.0575. The van der Waals surface area contributed by atoms with Crippen LogP contribution in [0, 0.1) is 12.8 Å². The molecule has 0 unspecified atom stereocenters. The summed E-state index contributed by atoms with van der Waals surface area (Å²) in [5.41, 5.74) is 0.0106. The number of nitrogens with zero attached hydrogens (tertiary/aromatic N) is 4. The van der Waals surface area contributed by atoms with Crippen molar-refractivity contribution >= 4 is 11.9 Å². The molecule has 2 fully saturated rings. The molecule has 0 N–H and O–H groups in total. The molecule has 4 rings (SSSR count). The molecule has 33 heavy (non-hydrogen) atoms. The van der Waals surface area contributed by atoms with Crippen molar-refractivity contribution in [2.24, 2.45) is 5.92 Å². The highest BCUT2D eigenvalue weighted by Gasteiger charge is 2.57. The second kappa shape index (κ2) is 9.67. The Morgan fingerprint density at radius 1 is 1.09 bits per heavy atom. The fourth-order valence-electron chi connectivity index (χ4n) is 5.06. The number of pyridine rings is 1. The molecule has 0 saturated carbocycles. The van der Waals surface area contributed by atoms with Gasteiger partial charge in [0, 0.05) is 31.7 Å². The van der Waals surface area contributed by atoms with Crippen molar-refractivity contribution in [1.82, 2.24) is 19.7 Å². The lowest BCUT2D eigenvalue weighted by Gasteiger charge is -2.43. The van der Waals surface area contributed by atoms with Gasteiger partial charge in [0.15, 0.2) is 0 Å². The van der Waals surface area contributed by atoms with Crippen LogP contribution in [0.25, 0.3) is 0 Å². The van der Waals surface area contributed by atoms with Crippen molar-refractivity contribution in [1.29, 1.82) is 0 Å². The maximum atomic E-state index is 13.7. The summed E-state index contributed by atoms with van der Waals surface area (Å²) in [4.78, 5) is 37.0. The van der Waals surface area contributed by atoms with Crippen LogP contribution >= 0.6 is 0 Å². The minimum Gasteiger partial charge on any atom is -0.466 e. The summed E-state index contributed by atoms with van der Waals surface area (Å²) in [6.07, 6.45) is 4.06. The largest absolute Gasteiger partial charge is 0.466 e. The molecule has 178 valence electrons. The SMILES string of the molecule is Cc1ccc([C@@H](C)CCN2CCC3(CC2)C(=O)N(Cc2ccccn2)C(=O)N3CC(C)C)o1. The third-order valence-corrected chi connectivity index (χ3v) is 7.02. The average molecular weight is 453 g/mol. The molecule has 7 nitrogen and oxygen atoms in total. The molecule has 2 aromatic rings. The standard InChI is InChI=1S/C26H36N4O3/c1-19(2)17-30-25(32)29(18-22-7-5-6-13-27-22)24(31)26(30)11-15-28(16-12-26)14-10-20(3)23-9-8-21(4)33-23/h5-9,13,19-20H,10-12,14-18H2,1-4H3/t20-/m0/s1. The van der Waals surface area contributed by atoms with E-state index in [1.807, 2.05) is 36.1 Å². The van der Waals surface area contributed by atoms with E-state index in [2.05, 4.69) is 36.7 Å². The summed E-state index contributed by atoms with van der Waals surface area (Å²) in [6, 6.07) is 9.50. The first-order chi connectivity index (χ1) is 15.8. The van der Waals surface area contributed by atoms with Gasteiger partial charge in [-0.1, -0.05) is 26.8 Å². The van der Waals surface area contributed by atoms with Gasteiger partial charge >= 0.3 is 6.03 Å². The smallest absolute Gasteiger partial charge is 0.328 e. The molecule has 3 amide bonds. The number of aromatic nitrogens is 1. The van der Waals surface area contributed by atoms with Gasteiger partial charge < -0.3 is 14.2 Å². The molecule has 0 aromatic carbocycles. The van der Waals surface area contributed by atoms with Gasteiger partial charge in [-0.25, -0.2) is 4.79 Å². The maximum absolute atomic E-state index is 13.7. The number of furan rings is 1. The summed E-state index contributed by atoms with van der Waals surface area (Å²) in [6.45, 7) is 11.8. The maximum Gasteiger partial charge on any atom is 0.328 e. The molecule has 2 saturated heterocycles. The van der Waals surface area contributed by atoms with Crippen LogP contribution < -0.4 is 0 Å². The zero-order valence-corrected chi connectivity index (χ0v) is 20.3. The Labute approximate surface area is 196 Å². The first-order valence-corrected chi connectivity index (χ1v) is 12.1. The molecule has 2 aliphatic heterocycles. The van der Waals surface area contributed by atoms with Crippen LogP contribution in [-0.2, 0) is 11.3 Å². The number of piperidine rings is 1. The van der Waals surface area contributed by atoms with Crippen LogP contribution in [0.2, 0.25) is 0 Å². The molecule has 2 aromatic heterocycles. The van der Waals surface area contributed by atoms with E-state index in [1.165, 1.54) is 4.90 Å². The zero-order chi connectivity index (χ0) is 23.6. The van der Waals surface area contributed by atoms with Crippen molar-refractivity contribution in [2.75, 3.05) is 26.2 Å². The monoisotopic (exact) mass is 452 g/mol. The van der Waals surface area contributed by atoms with Crippen LogP contribution in [0.4, 0.5) is 4.79 Å². The third-order valence-electron chi connectivity index (χ3n) is 7.02. The van der Waals surface area contributed by atoms with E-state index in [-0.39, 0.29) is 18.5 Å². The van der Waals surface area contributed by atoms with Crippen molar-refractivity contribution in [2.45, 2.75) is 65.0 Å². The van der Waals surface area contributed by atoms with Gasteiger partial charge in [-0.05, 0) is 62.9 Å². The van der Waals surface area contributed by atoms with E-state index in [4.69, 9.17) is 4.42 Å². The Bertz CT molecular complexity index is 963. The number of carbonyl (C=O) groups is 2. The molecule has 0 aliphatic carbocycles. The number of aryl methyl sites for hydroxylation is 1. The zero-order valence-electron chi connectivity index (χ0n) is 20.3. The lowest BCUT2D eigenvalue weighted by molar-refractivity contribution is -0.136. The highest BCUT2D eigenvalue weighted by molar-refractivity contribution is 6.07. The molecular formula is C26H36N4O3. The van der Waals surface area contributed by atoms with Crippen molar-refractivity contribution < 1.29 is 14.0 Å². The van der Waals surface area contributed by atoms with E-state index in [0.717, 1.165) is 43.3 Å². The number of amides is 3. The summed E-state index contributed by atoms with van der Waals surface area (Å²) in [5, 5.41) is 0. The second-order valence-electron chi connectivity index (χ2n) is 10.0. The number of imide groups is 1. The van der Waals surface area contributed by atoms with E-state index in [9.17, 15) is 9.59 Å². The van der Waals surface area contributed by atoms with E-state index >= 15 is 0 Å². The van der Waals surface area contributed by atoms with Gasteiger partial charge in [0.2, 0.25) is 0 Å². The number of rotatable bonds is 8. The van der Waals surface area contributed by atoms with E-state index in [0.29, 0.717) is 31.2 Å². The van der Waals surface area contributed by atoms with Crippen LogP contribution in [0.1, 0.15) is 63.2 Å². The molecular weight excluding hydrogens is 416 g/mol. The number of carbonyl (C=O) groups excluding carboxylic acids is 2. The fraction of sp³-hybridized carbons (Fsp3) is 0.577. The minimum atomic E-state index is -0.726. The summed E-state index contributed by atoms with van der Waals surface area (Å²) in [5.74, 6) is 2.57. The number of hydrogen-bond donors (Lipinski definition) is 0. The van der Waals surface area contributed by atoms with Gasteiger partial charge in [0.05, 0.1) is 12.2 Å². The van der Waals surface area contributed by atoms with Crippen LogP contribution in [-0.4, -0.2) is 63.3 Å². The molecule has 1 spiro atoms. The lowest BCUT2D eigenvalue weighted by atomic mass is 9.85. The van der Waals surface area contributed by atoms with Crippen molar-refractivity contribution in [3.8, 4) is 0 Å². The van der Waals surface area contributed by atoms with Crippen molar-refractivity contribution in [3.05, 3.63) is 53.7 Å². The predicted octanol–water partition coefficient (Wildman–Crippen LogP) is 4.43. The topological polar surface area (TPSA) is 69.9 Å². The summed E-state index contributed by atoms with van der Waals surface area (Å²) in [7, 11) is 0. The molecule has 2 aliphatic rings. The van der Waals surface area contributed by atoms with Crippen LogP contribution in [0.5, 0.6) is 0 Å². The average Bonchev–Trinajstić information content (AvgIpc) is 3.32. The molecule has 7 heteroatoms. The Morgan fingerprint density at radius 3 is 2.45 bits per heavy atom. The van der Waals surface area contributed by atoms with Crippen molar-refractivity contribution in [3.63, 3.8) is 0 Å². The molecule has 1 atom stereocenters. The quantitative estimate of drug-likeness (QED) is 0.554. The molecule has 4 heterocycles. The van der Waals surface area contributed by atoms with Gasteiger partial charge in [-0.15, -0.1) is 0 Å². The molecule has 0 bridgehead atoms. The highest BCUT2D eigenvalue weighted by Crippen LogP contribution is 2.38. The van der Waals surface area contributed by atoms with E-state index < -0.39 is 5.54 Å². The van der Waals surface area contributed by atoms with Crippen LogP contribution in [0.15, 0.2) is 40.9 Å². The van der Waals surface area contributed by atoms with Crippen LogP contribution in [0.3, 0.4) is 0 Å². The van der Waals surface area contributed by atoms with Gasteiger partial charge in [-0.3, -0.25) is 14.7 Å². The Hall–Kier alpha value is -2.67. The Morgan fingerprint density at radius 2 is 1.85 bits per heavy atom. The predicted molar refractivity (Wildman–Crippen MR) is 127 cm³/mol.